The number of hydrogen-bond donors (Lipinski definition) is 3. The number of nitrogens with one attached hydrogen (secondary N) is 3. The molecule has 1 unspecified atom stereocenters. The minimum Gasteiger partial charge on any atom is -0.459 e. The van der Waals surface area contributed by atoms with Crippen molar-refractivity contribution in [1.82, 2.24) is 16.0 Å². The molecular formula is C23H32FN5O2. The number of benzene rings is 1. The molecule has 168 valence electrons. The second-order valence-corrected chi connectivity index (χ2v) is 7.71. The van der Waals surface area contributed by atoms with Crippen molar-refractivity contribution >= 4 is 17.6 Å². The van der Waals surface area contributed by atoms with Crippen LogP contribution >= 0.6 is 0 Å². The van der Waals surface area contributed by atoms with Crippen LogP contribution in [0.4, 0.5) is 10.1 Å². The van der Waals surface area contributed by atoms with E-state index in [0.717, 1.165) is 56.1 Å². The first kappa shape index (κ1) is 22.7. The number of halogens is 1. The van der Waals surface area contributed by atoms with Gasteiger partial charge in [-0.2, -0.15) is 0 Å². The van der Waals surface area contributed by atoms with E-state index < -0.39 is 0 Å². The smallest absolute Gasteiger partial charge is 0.287 e. The minimum absolute atomic E-state index is 0.198. The first-order chi connectivity index (χ1) is 15.1. The van der Waals surface area contributed by atoms with Crippen LogP contribution in [0.15, 0.2) is 46.0 Å². The number of anilines is 1. The summed E-state index contributed by atoms with van der Waals surface area (Å²) < 4.78 is 18.8. The summed E-state index contributed by atoms with van der Waals surface area (Å²) in [5, 5.41) is 9.64. The molecule has 0 radical (unpaired) electrons. The monoisotopic (exact) mass is 429 g/mol. The topological polar surface area (TPSA) is 81.9 Å². The Hall–Kier alpha value is -3.03. The largest absolute Gasteiger partial charge is 0.459 e. The van der Waals surface area contributed by atoms with Gasteiger partial charge in [0.1, 0.15) is 5.82 Å². The highest BCUT2D eigenvalue weighted by molar-refractivity contribution is 5.92. The second kappa shape index (κ2) is 11.4. The molecule has 1 aromatic heterocycles. The lowest BCUT2D eigenvalue weighted by atomic mass is 10.0. The van der Waals surface area contributed by atoms with Crippen LogP contribution in [0.3, 0.4) is 0 Å². The third-order valence-electron chi connectivity index (χ3n) is 5.24. The first-order valence-corrected chi connectivity index (χ1v) is 10.9. The molecule has 1 aromatic carbocycles. The molecule has 0 bridgehead atoms. The van der Waals surface area contributed by atoms with Gasteiger partial charge in [-0.1, -0.05) is 6.07 Å². The summed E-state index contributed by atoms with van der Waals surface area (Å²) in [5.74, 6) is 0.716. The number of carbonyl (C=O) groups excluding carboxylic acids is 1. The van der Waals surface area contributed by atoms with Crippen LogP contribution in [-0.2, 0) is 0 Å². The second-order valence-electron chi connectivity index (χ2n) is 7.71. The first-order valence-electron chi connectivity index (χ1n) is 10.9. The number of furan rings is 1. The van der Waals surface area contributed by atoms with E-state index in [1.807, 2.05) is 19.9 Å². The van der Waals surface area contributed by atoms with E-state index in [-0.39, 0.29) is 17.8 Å². The Bertz CT molecular complexity index is 882. The van der Waals surface area contributed by atoms with Crippen LogP contribution in [0.2, 0.25) is 0 Å². The zero-order valence-electron chi connectivity index (χ0n) is 18.3. The maximum atomic E-state index is 13.6. The Kier molecular flexibility index (Phi) is 8.32. The number of hydrogen-bond acceptors (Lipinski definition) is 4. The summed E-state index contributed by atoms with van der Waals surface area (Å²) in [5.41, 5.74) is 1.74. The average Bonchev–Trinajstić information content (AvgIpc) is 3.19. The molecular weight excluding hydrogens is 397 g/mol. The molecule has 3 N–H and O–H groups in total. The summed E-state index contributed by atoms with van der Waals surface area (Å²) in [6.45, 7) is 7.48. The predicted molar refractivity (Wildman–Crippen MR) is 121 cm³/mol. The van der Waals surface area contributed by atoms with Crippen LogP contribution in [0.5, 0.6) is 0 Å². The molecule has 2 heterocycles. The van der Waals surface area contributed by atoms with Gasteiger partial charge in [-0.05, 0) is 57.4 Å². The molecule has 1 aliphatic heterocycles. The maximum Gasteiger partial charge on any atom is 0.287 e. The molecule has 31 heavy (non-hydrogen) atoms. The molecule has 3 rings (SSSR count). The fraction of sp³-hybridized carbons (Fsp3) is 0.478. The van der Waals surface area contributed by atoms with Crippen molar-refractivity contribution in [1.29, 1.82) is 0 Å². The van der Waals surface area contributed by atoms with Crippen LogP contribution in [0, 0.1) is 12.7 Å². The van der Waals surface area contributed by atoms with E-state index in [1.165, 1.54) is 12.3 Å². The summed E-state index contributed by atoms with van der Waals surface area (Å²) in [6, 6.07) is 8.75. The van der Waals surface area contributed by atoms with Gasteiger partial charge in [0.05, 0.1) is 6.26 Å². The molecule has 2 aromatic rings. The zero-order valence-corrected chi connectivity index (χ0v) is 18.3. The minimum atomic E-state index is -0.211. The SMILES string of the molecule is CCNC(=NCCCNC(=O)c1occc1C)NC1CCCN(c2cccc(F)c2)C1. The lowest BCUT2D eigenvalue weighted by molar-refractivity contribution is 0.0925. The molecule has 7 nitrogen and oxygen atoms in total. The van der Waals surface area contributed by atoms with Gasteiger partial charge >= 0.3 is 0 Å². The van der Waals surface area contributed by atoms with Gasteiger partial charge in [0.15, 0.2) is 11.7 Å². The molecule has 1 aliphatic rings. The normalized spacial score (nSPS) is 16.8. The molecule has 1 amide bonds. The molecule has 0 spiro atoms. The average molecular weight is 430 g/mol. The molecule has 8 heteroatoms. The van der Waals surface area contributed by atoms with Gasteiger partial charge < -0.3 is 25.3 Å². The van der Waals surface area contributed by atoms with E-state index in [2.05, 4.69) is 25.8 Å². The molecule has 0 aliphatic carbocycles. The van der Waals surface area contributed by atoms with Crippen LogP contribution in [0.25, 0.3) is 0 Å². The Labute approximate surface area is 183 Å². The van der Waals surface area contributed by atoms with E-state index in [9.17, 15) is 9.18 Å². The number of aryl methyl sites for hydroxylation is 1. The molecule has 1 atom stereocenters. The van der Waals surface area contributed by atoms with Gasteiger partial charge in [-0.3, -0.25) is 9.79 Å². The fourth-order valence-corrected chi connectivity index (χ4v) is 3.67. The summed E-state index contributed by atoms with van der Waals surface area (Å²) in [6.07, 6.45) is 4.31. The summed E-state index contributed by atoms with van der Waals surface area (Å²) >= 11 is 0. The Morgan fingerprint density at radius 3 is 2.94 bits per heavy atom. The lowest BCUT2D eigenvalue weighted by Gasteiger charge is -2.35. The van der Waals surface area contributed by atoms with Crippen molar-refractivity contribution in [3.8, 4) is 0 Å². The van der Waals surface area contributed by atoms with Crippen molar-refractivity contribution in [2.24, 2.45) is 4.99 Å². The number of amides is 1. The van der Waals surface area contributed by atoms with Gasteiger partial charge in [0.2, 0.25) is 0 Å². The Morgan fingerprint density at radius 1 is 1.32 bits per heavy atom. The molecule has 0 saturated carbocycles. The van der Waals surface area contributed by atoms with Crippen molar-refractivity contribution in [3.05, 3.63) is 53.7 Å². The quantitative estimate of drug-likeness (QED) is 0.341. The number of rotatable bonds is 8. The number of guanidine groups is 1. The predicted octanol–water partition coefficient (Wildman–Crippen LogP) is 3.07. The zero-order chi connectivity index (χ0) is 22.1. The number of aliphatic imine (C=N–C) groups is 1. The van der Waals surface area contributed by atoms with E-state index in [4.69, 9.17) is 4.42 Å². The number of piperidine rings is 1. The molecule has 1 fully saturated rings. The standard InChI is InChI=1S/C23H32FN5O2/c1-3-25-23(27-12-6-11-26-22(30)21-17(2)10-14-31-21)28-19-8-5-13-29(16-19)20-9-4-7-18(24)15-20/h4,7,9-10,14-15,19H,3,5-6,8,11-13,16H2,1-2H3,(H,26,30)(H2,25,27,28). The van der Waals surface area contributed by atoms with Crippen molar-refractivity contribution in [2.75, 3.05) is 37.6 Å². The number of nitrogens with zero attached hydrogens (tertiary/aromatic N) is 2. The molecule has 1 saturated heterocycles. The maximum absolute atomic E-state index is 13.6. The van der Waals surface area contributed by atoms with Crippen LogP contribution < -0.4 is 20.9 Å². The third kappa shape index (κ3) is 6.73. The van der Waals surface area contributed by atoms with Gasteiger partial charge in [-0.15, -0.1) is 0 Å². The van der Waals surface area contributed by atoms with E-state index in [0.29, 0.717) is 18.8 Å². The van der Waals surface area contributed by atoms with Crippen molar-refractivity contribution < 1.29 is 13.6 Å². The fourth-order valence-electron chi connectivity index (χ4n) is 3.67. The Morgan fingerprint density at radius 2 is 2.19 bits per heavy atom. The van der Waals surface area contributed by atoms with E-state index >= 15 is 0 Å². The van der Waals surface area contributed by atoms with Gasteiger partial charge in [0, 0.05) is 50.0 Å². The van der Waals surface area contributed by atoms with Crippen LogP contribution in [0.1, 0.15) is 42.3 Å². The summed E-state index contributed by atoms with van der Waals surface area (Å²) in [7, 11) is 0. The third-order valence-corrected chi connectivity index (χ3v) is 5.24. The van der Waals surface area contributed by atoms with Crippen molar-refractivity contribution in [2.45, 2.75) is 39.2 Å². The van der Waals surface area contributed by atoms with E-state index in [1.54, 1.807) is 18.2 Å². The lowest BCUT2D eigenvalue weighted by Crippen LogP contribution is -2.51. The number of carbonyl (C=O) groups is 1. The highest BCUT2D eigenvalue weighted by atomic mass is 19.1. The van der Waals surface area contributed by atoms with Gasteiger partial charge in [-0.25, -0.2) is 4.39 Å². The van der Waals surface area contributed by atoms with Crippen molar-refractivity contribution in [3.63, 3.8) is 0 Å². The van der Waals surface area contributed by atoms with Gasteiger partial charge in [0.25, 0.3) is 5.91 Å². The highest BCUT2D eigenvalue weighted by Crippen LogP contribution is 2.20. The summed E-state index contributed by atoms with van der Waals surface area (Å²) in [4.78, 5) is 18.9. The van der Waals surface area contributed by atoms with Crippen LogP contribution in [-0.4, -0.2) is 50.6 Å². The Balaban J connectivity index is 1.46. The highest BCUT2D eigenvalue weighted by Gasteiger charge is 2.21.